The predicted molar refractivity (Wildman–Crippen MR) is 138 cm³/mol. The van der Waals surface area contributed by atoms with Gasteiger partial charge in [0.15, 0.2) is 29.3 Å². The Kier molecular flexibility index (Phi) is 6.93. The van der Waals surface area contributed by atoms with Crippen molar-refractivity contribution in [1.82, 2.24) is 0 Å². The van der Waals surface area contributed by atoms with Crippen LogP contribution in [0.1, 0.15) is 67.6 Å². The summed E-state index contributed by atoms with van der Waals surface area (Å²) in [5.74, 6) is 0.831. The minimum absolute atomic E-state index is 0.216. The van der Waals surface area contributed by atoms with Crippen molar-refractivity contribution >= 4 is 5.70 Å². The maximum Gasteiger partial charge on any atom is 0.213 e. The zero-order chi connectivity index (χ0) is 23.5. The van der Waals surface area contributed by atoms with Crippen molar-refractivity contribution in [2.45, 2.75) is 65.8 Å². The summed E-state index contributed by atoms with van der Waals surface area (Å²) in [6.07, 6.45) is 10.3. The fraction of sp³-hybridized carbons (Fsp3) is 0.355. The first-order chi connectivity index (χ1) is 16.0. The summed E-state index contributed by atoms with van der Waals surface area (Å²) < 4.78 is 4.91. The lowest BCUT2D eigenvalue weighted by Crippen LogP contribution is -2.51. The van der Waals surface area contributed by atoms with Crippen molar-refractivity contribution in [2.75, 3.05) is 0 Å². The summed E-state index contributed by atoms with van der Waals surface area (Å²) in [6.45, 7) is 15.8. The number of hydrogen-bond acceptors (Lipinski definition) is 0. The molecule has 3 aromatic rings. The van der Waals surface area contributed by atoms with Gasteiger partial charge in [-0.05, 0) is 62.9 Å². The molecule has 1 aliphatic heterocycles. The molecule has 0 saturated carbocycles. The molecule has 0 spiro atoms. The van der Waals surface area contributed by atoms with Crippen LogP contribution >= 0.6 is 0 Å². The Bertz CT molecular complexity index is 1190. The molecule has 3 atom stereocenters. The predicted octanol–water partition coefficient (Wildman–Crippen LogP) is 7.05. The SMILES string of the molecule is C=C(C1c2ccccc2-c2cccc[n+]2C1CCC(/C=C\C)CC)[n+]1c(C)ccc(C)c1C. The molecule has 2 nitrogen and oxygen atoms in total. The summed E-state index contributed by atoms with van der Waals surface area (Å²) >= 11 is 0. The van der Waals surface area contributed by atoms with Gasteiger partial charge in [-0.2, -0.15) is 9.13 Å². The molecule has 1 aliphatic rings. The molecule has 33 heavy (non-hydrogen) atoms. The lowest BCUT2D eigenvalue weighted by molar-refractivity contribution is -0.721. The van der Waals surface area contributed by atoms with Gasteiger partial charge >= 0.3 is 0 Å². The van der Waals surface area contributed by atoms with Gasteiger partial charge in [0.1, 0.15) is 5.92 Å². The second-order valence-electron chi connectivity index (χ2n) is 9.47. The van der Waals surface area contributed by atoms with Crippen molar-refractivity contribution in [3.8, 4) is 11.3 Å². The number of nitrogens with zero attached hydrogens (tertiary/aromatic N) is 2. The quantitative estimate of drug-likeness (QED) is 0.276. The first-order valence-corrected chi connectivity index (χ1v) is 12.4. The van der Waals surface area contributed by atoms with E-state index in [-0.39, 0.29) is 5.92 Å². The largest absolute Gasteiger partial charge is 0.213 e. The van der Waals surface area contributed by atoms with E-state index in [1.54, 1.807) is 0 Å². The van der Waals surface area contributed by atoms with Gasteiger partial charge in [0.2, 0.25) is 5.69 Å². The first-order valence-electron chi connectivity index (χ1n) is 12.4. The van der Waals surface area contributed by atoms with Gasteiger partial charge in [0, 0.05) is 44.0 Å². The molecule has 2 aromatic heterocycles. The summed E-state index contributed by atoms with van der Waals surface area (Å²) in [4.78, 5) is 0. The number of allylic oxidation sites excluding steroid dienone is 3. The number of aromatic nitrogens is 2. The van der Waals surface area contributed by atoms with Crippen LogP contribution in [-0.4, -0.2) is 0 Å². The number of pyridine rings is 2. The van der Waals surface area contributed by atoms with Gasteiger partial charge in [-0.25, -0.2) is 0 Å². The van der Waals surface area contributed by atoms with E-state index in [2.05, 4.69) is 117 Å². The normalized spacial score (nSPS) is 18.1. The van der Waals surface area contributed by atoms with E-state index >= 15 is 0 Å². The van der Waals surface area contributed by atoms with Gasteiger partial charge in [0.05, 0.1) is 5.56 Å². The molecule has 0 bridgehead atoms. The second-order valence-corrected chi connectivity index (χ2v) is 9.47. The molecule has 4 rings (SSSR count). The molecular weight excluding hydrogens is 400 g/mol. The van der Waals surface area contributed by atoms with Gasteiger partial charge in [-0.1, -0.05) is 37.3 Å². The van der Waals surface area contributed by atoms with E-state index < -0.39 is 0 Å². The Morgan fingerprint density at radius 3 is 2.55 bits per heavy atom. The zero-order valence-electron chi connectivity index (χ0n) is 20.9. The number of benzene rings is 1. The van der Waals surface area contributed by atoms with E-state index in [1.165, 1.54) is 52.3 Å². The Morgan fingerprint density at radius 1 is 1.03 bits per heavy atom. The molecule has 170 valence electrons. The van der Waals surface area contributed by atoms with E-state index in [4.69, 9.17) is 6.58 Å². The Balaban J connectivity index is 1.87. The molecular formula is C31H38N2+2. The Labute approximate surface area is 199 Å². The first kappa shape index (κ1) is 23.2. The van der Waals surface area contributed by atoms with E-state index in [9.17, 15) is 0 Å². The standard InChI is InChI=1S/C31H38N2/c1-7-13-26(8-2)19-20-30-31(25(6)33-23(4)18-17-22(3)24(33)5)28-15-10-9-14-27(28)29-16-11-12-21-32(29)30/h7,9-18,21,26,30-31H,6,8,19-20H2,1-5H3/q+2/b13-7-. The van der Waals surface area contributed by atoms with Gasteiger partial charge < -0.3 is 0 Å². The number of rotatable bonds is 7. The van der Waals surface area contributed by atoms with Crippen LogP contribution in [0, 0.1) is 26.7 Å². The average molecular weight is 439 g/mol. The second kappa shape index (κ2) is 9.87. The molecule has 0 fully saturated rings. The van der Waals surface area contributed by atoms with Crippen LogP contribution in [0.5, 0.6) is 0 Å². The highest BCUT2D eigenvalue weighted by Gasteiger charge is 2.45. The number of fused-ring (bicyclic) bond motifs is 3. The molecule has 3 heterocycles. The Hall–Kier alpha value is -3.00. The lowest BCUT2D eigenvalue weighted by atomic mass is 9.78. The highest BCUT2D eigenvalue weighted by molar-refractivity contribution is 5.67. The molecule has 0 aliphatic carbocycles. The smallest absolute Gasteiger partial charge is 0.194 e. The topological polar surface area (TPSA) is 7.76 Å². The van der Waals surface area contributed by atoms with Crippen molar-refractivity contribution in [3.63, 3.8) is 0 Å². The fourth-order valence-corrected chi connectivity index (χ4v) is 5.61. The zero-order valence-corrected chi connectivity index (χ0v) is 20.9. The third-order valence-electron chi connectivity index (χ3n) is 7.51. The van der Waals surface area contributed by atoms with Crippen LogP contribution in [0.4, 0.5) is 0 Å². The molecule has 0 amide bonds. The number of hydrogen-bond donors (Lipinski definition) is 0. The molecule has 3 unspecified atom stereocenters. The van der Waals surface area contributed by atoms with E-state index in [0.29, 0.717) is 12.0 Å². The van der Waals surface area contributed by atoms with Crippen LogP contribution < -0.4 is 9.13 Å². The molecule has 2 heteroatoms. The van der Waals surface area contributed by atoms with Gasteiger partial charge in [0.25, 0.3) is 0 Å². The average Bonchev–Trinajstić information content (AvgIpc) is 2.83. The van der Waals surface area contributed by atoms with Crippen molar-refractivity contribution in [1.29, 1.82) is 0 Å². The highest BCUT2D eigenvalue weighted by atomic mass is 15.1. The fourth-order valence-electron chi connectivity index (χ4n) is 5.61. The summed E-state index contributed by atoms with van der Waals surface area (Å²) in [7, 11) is 0. The van der Waals surface area contributed by atoms with Crippen LogP contribution in [0.15, 0.2) is 79.5 Å². The maximum absolute atomic E-state index is 4.75. The maximum atomic E-state index is 4.75. The third-order valence-corrected chi connectivity index (χ3v) is 7.51. The van der Waals surface area contributed by atoms with Crippen LogP contribution in [0.3, 0.4) is 0 Å². The minimum atomic E-state index is 0.216. The molecule has 0 radical (unpaired) electrons. The van der Waals surface area contributed by atoms with Crippen molar-refractivity contribution < 1.29 is 9.13 Å². The van der Waals surface area contributed by atoms with E-state index in [0.717, 1.165) is 6.42 Å². The summed E-state index contributed by atoms with van der Waals surface area (Å²) in [5.41, 5.74) is 9.02. The van der Waals surface area contributed by atoms with Crippen LogP contribution in [0.25, 0.3) is 17.0 Å². The summed E-state index contributed by atoms with van der Waals surface area (Å²) in [5, 5.41) is 0. The molecule has 1 aromatic carbocycles. The molecule has 0 saturated heterocycles. The van der Waals surface area contributed by atoms with Crippen molar-refractivity contribution in [2.24, 2.45) is 5.92 Å². The van der Waals surface area contributed by atoms with E-state index in [1.807, 2.05) is 0 Å². The Morgan fingerprint density at radius 2 is 1.79 bits per heavy atom. The third kappa shape index (κ3) is 4.31. The van der Waals surface area contributed by atoms with Crippen LogP contribution in [-0.2, 0) is 0 Å². The monoisotopic (exact) mass is 438 g/mol. The van der Waals surface area contributed by atoms with Crippen molar-refractivity contribution in [3.05, 3.63) is 102 Å². The van der Waals surface area contributed by atoms with Crippen LogP contribution in [0.2, 0.25) is 0 Å². The highest BCUT2D eigenvalue weighted by Crippen LogP contribution is 2.44. The van der Waals surface area contributed by atoms with Gasteiger partial charge in [-0.3, -0.25) is 0 Å². The minimum Gasteiger partial charge on any atom is -0.194 e. The lowest BCUT2D eigenvalue weighted by Gasteiger charge is -2.30. The summed E-state index contributed by atoms with van der Waals surface area (Å²) in [6, 6.07) is 20.3. The number of aryl methyl sites for hydroxylation is 2. The van der Waals surface area contributed by atoms with Gasteiger partial charge in [-0.15, -0.1) is 0 Å². The molecule has 0 N–H and O–H groups in total.